The van der Waals surface area contributed by atoms with Crippen molar-refractivity contribution in [3.05, 3.63) is 59.0 Å². The number of hydrazone groups is 1. The summed E-state index contributed by atoms with van der Waals surface area (Å²) in [6.45, 7) is 2.97. The van der Waals surface area contributed by atoms with Gasteiger partial charge in [0.05, 0.1) is 44.2 Å². The van der Waals surface area contributed by atoms with Crippen LogP contribution < -0.4 is 19.8 Å². The van der Waals surface area contributed by atoms with Crippen molar-refractivity contribution in [3.8, 4) is 22.8 Å². The Hall–Kier alpha value is -3.43. The van der Waals surface area contributed by atoms with Crippen LogP contribution in [0.3, 0.4) is 0 Å². The van der Waals surface area contributed by atoms with Gasteiger partial charge in [0.1, 0.15) is 0 Å². The van der Waals surface area contributed by atoms with E-state index in [2.05, 4.69) is 15.4 Å². The molecule has 9 heteroatoms. The summed E-state index contributed by atoms with van der Waals surface area (Å²) in [5.41, 5.74) is 4.83. The Labute approximate surface area is 190 Å². The van der Waals surface area contributed by atoms with Crippen molar-refractivity contribution in [2.75, 3.05) is 45.4 Å². The number of carbonyl (C=O) groups is 1. The van der Waals surface area contributed by atoms with E-state index in [0.29, 0.717) is 30.3 Å². The van der Waals surface area contributed by atoms with Crippen LogP contribution in [-0.4, -0.2) is 57.6 Å². The van der Waals surface area contributed by atoms with Crippen molar-refractivity contribution < 1.29 is 19.0 Å². The zero-order valence-electron chi connectivity index (χ0n) is 17.9. The van der Waals surface area contributed by atoms with Gasteiger partial charge in [-0.3, -0.25) is 4.79 Å². The highest BCUT2D eigenvalue weighted by atomic mass is 32.1. The van der Waals surface area contributed by atoms with Gasteiger partial charge in [-0.25, -0.2) is 10.4 Å². The van der Waals surface area contributed by atoms with E-state index in [1.165, 1.54) is 7.11 Å². The molecule has 0 saturated carbocycles. The normalized spacial score (nSPS) is 13.9. The largest absolute Gasteiger partial charge is 0.493 e. The molecule has 4 rings (SSSR count). The molecule has 0 atom stereocenters. The van der Waals surface area contributed by atoms with E-state index >= 15 is 0 Å². The van der Waals surface area contributed by atoms with Crippen LogP contribution in [0.15, 0.2) is 53.6 Å². The Balaban J connectivity index is 1.55. The Morgan fingerprint density at radius 2 is 1.88 bits per heavy atom. The Bertz CT molecular complexity index is 1090. The first-order valence-electron chi connectivity index (χ1n) is 10.1. The number of nitrogens with one attached hydrogen (secondary N) is 1. The molecule has 1 aromatic heterocycles. The maximum absolute atomic E-state index is 12.6. The molecule has 8 nitrogen and oxygen atoms in total. The standard InChI is InChI=1S/C23H24N4O4S/c1-29-18-9-8-17(14-19(18)30-2)22(28)26-24-15-20-21(16-6-4-3-5-7-16)25-23(32-20)27-10-12-31-13-11-27/h3-9,14-15H,10-13H2,1-2H3,(H,26,28). The second kappa shape index (κ2) is 10.3. The first-order chi connectivity index (χ1) is 15.7. The van der Waals surface area contributed by atoms with Gasteiger partial charge in [0.15, 0.2) is 16.6 Å². The Kier molecular flexibility index (Phi) is 6.98. The number of hydrogen-bond acceptors (Lipinski definition) is 8. The quantitative estimate of drug-likeness (QED) is 0.437. The molecule has 0 spiro atoms. The molecule has 1 fully saturated rings. The van der Waals surface area contributed by atoms with Gasteiger partial charge in [-0.15, -0.1) is 0 Å². The lowest BCUT2D eigenvalue weighted by molar-refractivity contribution is 0.0954. The minimum absolute atomic E-state index is 0.346. The molecule has 0 bridgehead atoms. The highest BCUT2D eigenvalue weighted by molar-refractivity contribution is 7.17. The lowest BCUT2D eigenvalue weighted by Gasteiger charge is -2.26. The summed E-state index contributed by atoms with van der Waals surface area (Å²) < 4.78 is 15.9. The van der Waals surface area contributed by atoms with Crippen LogP contribution in [0, 0.1) is 0 Å². The minimum Gasteiger partial charge on any atom is -0.493 e. The highest BCUT2D eigenvalue weighted by Gasteiger charge is 2.19. The van der Waals surface area contributed by atoms with Crippen LogP contribution in [0.25, 0.3) is 11.3 Å². The monoisotopic (exact) mass is 452 g/mol. The van der Waals surface area contributed by atoms with E-state index in [-0.39, 0.29) is 5.91 Å². The fourth-order valence-corrected chi connectivity index (χ4v) is 4.30. The molecule has 1 N–H and O–H groups in total. The number of amides is 1. The van der Waals surface area contributed by atoms with Crippen molar-refractivity contribution in [2.45, 2.75) is 0 Å². The van der Waals surface area contributed by atoms with Gasteiger partial charge in [0.2, 0.25) is 0 Å². The van der Waals surface area contributed by atoms with Crippen LogP contribution >= 0.6 is 11.3 Å². The average Bonchev–Trinajstić information content (AvgIpc) is 3.28. The molecule has 32 heavy (non-hydrogen) atoms. The Morgan fingerprint density at radius 1 is 1.12 bits per heavy atom. The number of aromatic nitrogens is 1. The molecule has 0 aliphatic carbocycles. The summed E-state index contributed by atoms with van der Waals surface area (Å²) in [5.74, 6) is 0.690. The molecular weight excluding hydrogens is 428 g/mol. The fraction of sp³-hybridized carbons (Fsp3) is 0.261. The molecular formula is C23H24N4O4S. The number of methoxy groups -OCH3 is 2. The summed E-state index contributed by atoms with van der Waals surface area (Å²) >= 11 is 1.54. The molecule has 3 aromatic rings. The van der Waals surface area contributed by atoms with Crippen molar-refractivity contribution in [1.82, 2.24) is 10.4 Å². The predicted molar refractivity (Wildman–Crippen MR) is 125 cm³/mol. The van der Waals surface area contributed by atoms with Crippen LogP contribution in [0.1, 0.15) is 15.2 Å². The van der Waals surface area contributed by atoms with Gasteiger partial charge in [-0.1, -0.05) is 41.7 Å². The van der Waals surface area contributed by atoms with Gasteiger partial charge in [0.25, 0.3) is 5.91 Å². The lowest BCUT2D eigenvalue weighted by Crippen LogP contribution is -2.36. The number of thiazole rings is 1. The lowest BCUT2D eigenvalue weighted by atomic mass is 10.1. The average molecular weight is 453 g/mol. The third-order valence-electron chi connectivity index (χ3n) is 4.96. The van der Waals surface area contributed by atoms with Gasteiger partial charge >= 0.3 is 0 Å². The van der Waals surface area contributed by atoms with Crippen molar-refractivity contribution in [1.29, 1.82) is 0 Å². The first-order valence-corrected chi connectivity index (χ1v) is 11.0. The maximum Gasteiger partial charge on any atom is 0.271 e. The van der Waals surface area contributed by atoms with E-state index in [9.17, 15) is 4.79 Å². The van der Waals surface area contributed by atoms with E-state index in [0.717, 1.165) is 34.4 Å². The zero-order valence-corrected chi connectivity index (χ0v) is 18.7. The summed E-state index contributed by atoms with van der Waals surface area (Å²) in [6, 6.07) is 14.9. The molecule has 1 aliphatic heterocycles. The van der Waals surface area contributed by atoms with E-state index in [4.69, 9.17) is 19.2 Å². The molecule has 166 valence electrons. The number of nitrogens with zero attached hydrogens (tertiary/aromatic N) is 3. The summed E-state index contributed by atoms with van der Waals surface area (Å²) in [6.07, 6.45) is 1.64. The molecule has 0 radical (unpaired) electrons. The molecule has 1 saturated heterocycles. The molecule has 2 heterocycles. The van der Waals surface area contributed by atoms with Gasteiger partial charge < -0.3 is 19.1 Å². The van der Waals surface area contributed by atoms with Crippen LogP contribution in [0.5, 0.6) is 11.5 Å². The number of carbonyl (C=O) groups excluding carboxylic acids is 1. The summed E-state index contributed by atoms with van der Waals surface area (Å²) in [4.78, 5) is 20.5. The van der Waals surface area contributed by atoms with Crippen molar-refractivity contribution >= 4 is 28.6 Å². The van der Waals surface area contributed by atoms with E-state index in [1.807, 2.05) is 30.3 Å². The number of rotatable bonds is 7. The second-order valence-corrected chi connectivity index (χ2v) is 7.95. The summed E-state index contributed by atoms with van der Waals surface area (Å²) in [7, 11) is 3.07. The van der Waals surface area contributed by atoms with E-state index < -0.39 is 0 Å². The van der Waals surface area contributed by atoms with Crippen LogP contribution in [0.2, 0.25) is 0 Å². The number of ether oxygens (including phenoxy) is 3. The number of anilines is 1. The molecule has 1 aliphatic rings. The minimum atomic E-state index is -0.346. The van der Waals surface area contributed by atoms with Gasteiger partial charge in [-0.2, -0.15) is 5.10 Å². The van der Waals surface area contributed by atoms with Crippen molar-refractivity contribution in [2.24, 2.45) is 5.10 Å². The topological polar surface area (TPSA) is 85.3 Å². The molecule has 1 amide bonds. The smallest absolute Gasteiger partial charge is 0.271 e. The maximum atomic E-state index is 12.6. The van der Waals surface area contributed by atoms with E-state index in [1.54, 1.807) is 42.9 Å². The Morgan fingerprint density at radius 3 is 2.59 bits per heavy atom. The van der Waals surface area contributed by atoms with Crippen molar-refractivity contribution in [3.63, 3.8) is 0 Å². The van der Waals surface area contributed by atoms with Crippen LogP contribution in [0.4, 0.5) is 5.13 Å². The third-order valence-corrected chi connectivity index (χ3v) is 6.02. The molecule has 2 aromatic carbocycles. The SMILES string of the molecule is COc1ccc(C(=O)NN=Cc2sc(N3CCOCC3)nc2-c2ccccc2)cc1OC. The third kappa shape index (κ3) is 4.90. The van der Waals surface area contributed by atoms with Crippen LogP contribution in [-0.2, 0) is 4.74 Å². The molecule has 0 unspecified atom stereocenters. The number of morpholine rings is 1. The first kappa shape index (κ1) is 21.8. The number of benzene rings is 2. The summed E-state index contributed by atoms with van der Waals surface area (Å²) in [5, 5.41) is 5.11. The van der Waals surface area contributed by atoms with Gasteiger partial charge in [0, 0.05) is 24.2 Å². The fourth-order valence-electron chi connectivity index (χ4n) is 3.29. The second-order valence-electron chi connectivity index (χ2n) is 6.94. The zero-order chi connectivity index (χ0) is 22.3. The predicted octanol–water partition coefficient (Wildman–Crippen LogP) is 3.43. The highest BCUT2D eigenvalue weighted by Crippen LogP contribution is 2.32. The van der Waals surface area contributed by atoms with Gasteiger partial charge in [-0.05, 0) is 18.2 Å². The number of hydrogen-bond donors (Lipinski definition) is 1.